The molecular formula is C39H44F4N8O3. The second kappa shape index (κ2) is 13.1. The van der Waals surface area contributed by atoms with E-state index in [1.807, 2.05) is 28.9 Å². The summed E-state index contributed by atoms with van der Waals surface area (Å²) >= 11 is 0. The van der Waals surface area contributed by atoms with Crippen molar-refractivity contribution in [3.63, 3.8) is 0 Å². The van der Waals surface area contributed by atoms with Crippen LogP contribution in [0.5, 0.6) is 5.75 Å². The first-order valence-corrected chi connectivity index (χ1v) is 18.8. The number of carbonyl (C=O) groups excluding carboxylic acids is 1. The third-order valence-electron chi connectivity index (χ3n) is 12.3. The van der Waals surface area contributed by atoms with Gasteiger partial charge in [-0.05, 0) is 73.4 Å². The fourth-order valence-corrected chi connectivity index (χ4v) is 9.03. The Balaban J connectivity index is 1.17. The predicted octanol–water partition coefficient (Wildman–Crippen LogP) is 5.77. The van der Waals surface area contributed by atoms with Gasteiger partial charge < -0.3 is 24.2 Å². The summed E-state index contributed by atoms with van der Waals surface area (Å²) < 4.78 is 68.2. The van der Waals surface area contributed by atoms with Crippen molar-refractivity contribution in [2.24, 2.45) is 5.41 Å². The highest BCUT2D eigenvalue weighted by atomic mass is 19.4. The maximum atomic E-state index is 14.6. The number of rotatable bonds is 9. The number of ether oxygens (including phenoxy) is 2. The minimum atomic E-state index is -4.59. The number of carbonyl (C=O) groups is 1. The van der Waals surface area contributed by atoms with Crippen molar-refractivity contribution < 1.29 is 31.8 Å². The van der Waals surface area contributed by atoms with Gasteiger partial charge in [0.25, 0.3) is 0 Å². The van der Waals surface area contributed by atoms with Crippen LogP contribution in [0.4, 0.5) is 29.3 Å². The summed E-state index contributed by atoms with van der Waals surface area (Å²) in [5.74, 6) is 1.25. The summed E-state index contributed by atoms with van der Waals surface area (Å²) in [5, 5.41) is 8.75. The normalized spacial score (nSPS) is 23.3. The molecule has 1 saturated carbocycles. The molecule has 1 spiro atoms. The standard InChI is InChI=1S/C39H44F4N8O3/c1-4-31(52)51-19-38(20-51)9-11-48(12-10-38)36-26-13-25(23-6-7-23)33(32-22(2)5-8-29-27(32)14-44-47-29)35(54-21-39(41,42)43)34(26)45-37(46-36)50-15-24(16-50)49-17-28(40)30(18-49)53-3/h4-5,8,13-14,23-24,28,30H,1,6-7,9-12,15-21H2,2-3H3,(H,44,47)/t28-,30-/m0/s1. The average molecular weight is 749 g/mol. The minimum Gasteiger partial charge on any atom is -0.481 e. The highest BCUT2D eigenvalue weighted by Crippen LogP contribution is 2.53. The molecular weight excluding hydrogens is 704 g/mol. The quantitative estimate of drug-likeness (QED) is 0.169. The summed E-state index contributed by atoms with van der Waals surface area (Å²) in [6, 6.07) is 6.03. The first kappa shape index (κ1) is 35.2. The number of benzene rings is 2. The first-order valence-electron chi connectivity index (χ1n) is 18.8. The van der Waals surface area contributed by atoms with Gasteiger partial charge in [-0.3, -0.25) is 14.8 Å². The van der Waals surface area contributed by atoms with Crippen molar-refractivity contribution in [2.75, 3.05) is 75.9 Å². The molecule has 2 atom stereocenters. The number of anilines is 2. The maximum absolute atomic E-state index is 14.6. The average Bonchev–Trinajstić information content (AvgIpc) is 3.74. The zero-order valence-corrected chi connectivity index (χ0v) is 30.5. The van der Waals surface area contributed by atoms with Gasteiger partial charge in [-0.2, -0.15) is 23.3 Å². The van der Waals surface area contributed by atoms with Crippen LogP contribution in [0.25, 0.3) is 32.9 Å². The molecule has 1 aliphatic carbocycles. The van der Waals surface area contributed by atoms with Gasteiger partial charge >= 0.3 is 6.18 Å². The molecule has 5 fully saturated rings. The van der Waals surface area contributed by atoms with Gasteiger partial charge in [0, 0.05) is 87.3 Å². The van der Waals surface area contributed by atoms with Crippen LogP contribution in [0, 0.1) is 12.3 Å². The van der Waals surface area contributed by atoms with E-state index in [0.29, 0.717) is 74.0 Å². The summed E-state index contributed by atoms with van der Waals surface area (Å²) in [6.07, 6.45) is 0.438. The summed E-state index contributed by atoms with van der Waals surface area (Å²) in [6.45, 7) is 8.67. The number of H-pyrrole nitrogens is 1. The van der Waals surface area contributed by atoms with E-state index < -0.39 is 25.1 Å². The van der Waals surface area contributed by atoms with Gasteiger partial charge in [0.05, 0.1) is 11.7 Å². The van der Waals surface area contributed by atoms with Crippen molar-refractivity contribution >= 4 is 39.5 Å². The van der Waals surface area contributed by atoms with Crippen LogP contribution in [0.15, 0.2) is 37.1 Å². The van der Waals surface area contributed by atoms with Gasteiger partial charge in [0.1, 0.15) is 23.6 Å². The lowest BCUT2D eigenvalue weighted by atomic mass is 9.72. The number of halogens is 4. The number of hydrogen-bond acceptors (Lipinski definition) is 9. The molecule has 4 aromatic rings. The summed E-state index contributed by atoms with van der Waals surface area (Å²) in [7, 11) is 1.53. The van der Waals surface area contributed by atoms with Crippen LogP contribution in [0.3, 0.4) is 0 Å². The van der Waals surface area contributed by atoms with Gasteiger partial charge in [-0.15, -0.1) is 0 Å². The van der Waals surface area contributed by atoms with Gasteiger partial charge in [0.15, 0.2) is 12.4 Å². The number of alkyl halides is 4. The molecule has 4 aliphatic heterocycles. The number of piperidine rings is 1. The number of likely N-dealkylation sites (tertiary alicyclic amines) is 2. The topological polar surface area (TPSA) is 103 Å². The van der Waals surface area contributed by atoms with Crippen molar-refractivity contribution in [2.45, 2.75) is 63.0 Å². The van der Waals surface area contributed by atoms with Crippen molar-refractivity contribution in [1.82, 2.24) is 30.0 Å². The molecule has 4 saturated heterocycles. The number of nitrogens with zero attached hydrogens (tertiary/aromatic N) is 7. The molecule has 286 valence electrons. The van der Waals surface area contributed by atoms with Crippen LogP contribution in [0.2, 0.25) is 0 Å². The zero-order valence-electron chi connectivity index (χ0n) is 30.5. The van der Waals surface area contributed by atoms with Crippen LogP contribution >= 0.6 is 0 Å². The highest BCUT2D eigenvalue weighted by Gasteiger charge is 2.47. The number of nitrogens with one attached hydrogen (secondary N) is 1. The number of amides is 1. The molecule has 15 heteroatoms. The Labute approximate surface area is 310 Å². The molecule has 1 N–H and O–H groups in total. The molecule has 9 rings (SSSR count). The van der Waals surface area contributed by atoms with Crippen molar-refractivity contribution in [1.29, 1.82) is 0 Å². The third kappa shape index (κ3) is 6.12. The lowest BCUT2D eigenvalue weighted by molar-refractivity contribution is -0.153. The van der Waals surface area contributed by atoms with Crippen LogP contribution in [0.1, 0.15) is 42.7 Å². The molecule has 1 amide bonds. The highest BCUT2D eigenvalue weighted by molar-refractivity contribution is 6.06. The number of aryl methyl sites for hydroxylation is 1. The Bertz CT molecular complexity index is 2110. The molecule has 0 bridgehead atoms. The Kier molecular flexibility index (Phi) is 8.52. The van der Waals surface area contributed by atoms with Crippen LogP contribution in [-0.4, -0.2) is 126 Å². The zero-order chi connectivity index (χ0) is 37.5. The maximum Gasteiger partial charge on any atom is 0.422 e. The third-order valence-corrected chi connectivity index (χ3v) is 12.3. The molecule has 2 aromatic heterocycles. The van der Waals surface area contributed by atoms with E-state index in [2.05, 4.69) is 32.6 Å². The predicted molar refractivity (Wildman–Crippen MR) is 197 cm³/mol. The Morgan fingerprint density at radius 2 is 1.81 bits per heavy atom. The van der Waals surface area contributed by atoms with E-state index in [0.717, 1.165) is 53.3 Å². The molecule has 5 aliphatic rings. The largest absolute Gasteiger partial charge is 0.481 e. The van der Waals surface area contributed by atoms with Gasteiger partial charge in [0.2, 0.25) is 11.9 Å². The monoisotopic (exact) mass is 748 g/mol. The molecule has 0 unspecified atom stereocenters. The van der Waals surface area contributed by atoms with E-state index in [1.165, 1.54) is 13.2 Å². The van der Waals surface area contributed by atoms with Crippen LogP contribution < -0.4 is 14.5 Å². The Morgan fingerprint density at radius 3 is 2.48 bits per heavy atom. The SMILES string of the molecule is C=CC(=O)N1CC2(CCN(c3nc(N4CC(N5C[C@H](OC)[C@@H](F)C5)C4)nc4c(OCC(F)(F)F)c(-c5c(C)ccc6[nH]ncc56)c(C5CC5)cc34)CC2)C1. The number of aromatic amines is 1. The van der Waals surface area contributed by atoms with E-state index in [4.69, 9.17) is 19.4 Å². The first-order chi connectivity index (χ1) is 25.9. The number of methoxy groups -OCH3 is 1. The molecule has 6 heterocycles. The summed E-state index contributed by atoms with van der Waals surface area (Å²) in [5.41, 5.74) is 4.33. The van der Waals surface area contributed by atoms with Crippen molar-refractivity contribution in [3.05, 3.63) is 48.2 Å². The van der Waals surface area contributed by atoms with Crippen LogP contribution in [-0.2, 0) is 9.53 Å². The van der Waals surface area contributed by atoms with E-state index in [-0.39, 0.29) is 35.6 Å². The van der Waals surface area contributed by atoms with Gasteiger partial charge in [-0.1, -0.05) is 12.6 Å². The Morgan fingerprint density at radius 1 is 1.06 bits per heavy atom. The molecule has 0 radical (unpaired) electrons. The molecule has 54 heavy (non-hydrogen) atoms. The fourth-order valence-electron chi connectivity index (χ4n) is 9.03. The number of fused-ring (bicyclic) bond motifs is 2. The molecule has 11 nitrogen and oxygen atoms in total. The van der Waals surface area contributed by atoms with E-state index in [1.54, 1.807) is 6.20 Å². The number of aromatic nitrogens is 4. The lowest BCUT2D eigenvalue weighted by Crippen LogP contribution is -2.61. The smallest absolute Gasteiger partial charge is 0.422 e. The fraction of sp³-hybridized carbons (Fsp3) is 0.538. The van der Waals surface area contributed by atoms with Crippen molar-refractivity contribution in [3.8, 4) is 16.9 Å². The second-order valence-corrected chi connectivity index (χ2v) is 15.9. The van der Waals surface area contributed by atoms with E-state index >= 15 is 0 Å². The lowest BCUT2D eigenvalue weighted by Gasteiger charge is -2.54. The van der Waals surface area contributed by atoms with Gasteiger partial charge in [-0.25, -0.2) is 9.37 Å². The number of hydrogen-bond donors (Lipinski definition) is 1. The minimum absolute atomic E-state index is 0.0176. The summed E-state index contributed by atoms with van der Waals surface area (Å²) in [4.78, 5) is 30.6. The molecule has 2 aromatic carbocycles. The van der Waals surface area contributed by atoms with E-state index in [9.17, 15) is 22.4 Å². The Hall–Kier alpha value is -4.50. The second-order valence-electron chi connectivity index (χ2n) is 15.9.